The van der Waals surface area contributed by atoms with Gasteiger partial charge in [-0.3, -0.25) is 14.4 Å². The standard InChI is InChI=1S/C16H19ClN2O6/c1-2-25-16(23)13(9-19-24)15(22)18-8-11(7-14(20)21)10-3-5-12(17)6-4-10/h3-6,9,11,13,24H,2,7-8H2,1H3,(H,18,22)(H,20,21)/b19-9+/t11?,13-/m1/s1. The summed E-state index contributed by atoms with van der Waals surface area (Å²) in [5, 5.41) is 23.3. The highest BCUT2D eigenvalue weighted by Gasteiger charge is 2.27. The summed E-state index contributed by atoms with van der Waals surface area (Å²) in [7, 11) is 0. The van der Waals surface area contributed by atoms with E-state index in [1.807, 2.05) is 0 Å². The SMILES string of the molecule is CCOC(=O)[C@H](/C=N/O)C(=O)NCC(CC(=O)O)c1ccc(Cl)cc1. The minimum atomic E-state index is -1.42. The third-order valence-corrected chi connectivity index (χ3v) is 3.58. The van der Waals surface area contributed by atoms with Crippen LogP contribution in [0.25, 0.3) is 0 Å². The molecule has 0 aliphatic heterocycles. The first kappa shape index (κ1) is 20.4. The van der Waals surface area contributed by atoms with Crippen LogP contribution in [0.4, 0.5) is 0 Å². The van der Waals surface area contributed by atoms with Crippen molar-refractivity contribution in [2.75, 3.05) is 13.2 Å². The maximum absolute atomic E-state index is 12.1. The van der Waals surface area contributed by atoms with Crippen LogP contribution in [0.3, 0.4) is 0 Å². The second-order valence-corrected chi connectivity index (χ2v) is 5.52. The topological polar surface area (TPSA) is 125 Å². The first-order chi connectivity index (χ1) is 11.9. The Kier molecular flexibility index (Phi) is 8.42. The highest BCUT2D eigenvalue weighted by Crippen LogP contribution is 2.21. The molecule has 0 bridgehead atoms. The molecule has 0 aromatic heterocycles. The van der Waals surface area contributed by atoms with Gasteiger partial charge in [-0.05, 0) is 24.6 Å². The molecule has 0 fully saturated rings. The normalized spacial score (nSPS) is 13.2. The first-order valence-electron chi connectivity index (χ1n) is 7.48. The van der Waals surface area contributed by atoms with Crippen LogP contribution in [-0.2, 0) is 19.1 Å². The third kappa shape index (κ3) is 6.80. The van der Waals surface area contributed by atoms with Crippen molar-refractivity contribution in [1.29, 1.82) is 0 Å². The Hall–Kier alpha value is -2.61. The van der Waals surface area contributed by atoms with E-state index in [0.29, 0.717) is 10.6 Å². The third-order valence-electron chi connectivity index (χ3n) is 3.32. The molecule has 0 aliphatic rings. The van der Waals surface area contributed by atoms with E-state index in [1.54, 1.807) is 31.2 Å². The number of hydrogen-bond acceptors (Lipinski definition) is 6. The van der Waals surface area contributed by atoms with E-state index >= 15 is 0 Å². The van der Waals surface area contributed by atoms with Crippen LogP contribution in [0.2, 0.25) is 5.02 Å². The molecule has 0 saturated carbocycles. The minimum absolute atomic E-state index is 0.0259. The first-order valence-corrected chi connectivity index (χ1v) is 7.86. The largest absolute Gasteiger partial charge is 0.481 e. The number of hydrogen-bond donors (Lipinski definition) is 3. The predicted molar refractivity (Wildman–Crippen MR) is 89.9 cm³/mol. The summed E-state index contributed by atoms with van der Waals surface area (Å²) < 4.78 is 4.74. The second-order valence-electron chi connectivity index (χ2n) is 5.09. The zero-order chi connectivity index (χ0) is 18.8. The van der Waals surface area contributed by atoms with E-state index in [2.05, 4.69) is 10.5 Å². The molecule has 3 N–H and O–H groups in total. The average molecular weight is 371 g/mol. The van der Waals surface area contributed by atoms with E-state index in [4.69, 9.17) is 26.7 Å². The van der Waals surface area contributed by atoms with Crippen molar-refractivity contribution in [2.45, 2.75) is 19.3 Å². The number of esters is 1. The lowest BCUT2D eigenvalue weighted by Crippen LogP contribution is -2.39. The van der Waals surface area contributed by atoms with Gasteiger partial charge in [0.15, 0.2) is 5.92 Å². The Balaban J connectivity index is 2.83. The number of nitrogens with zero attached hydrogens (tertiary/aromatic N) is 1. The molecule has 0 aliphatic carbocycles. The molecule has 0 saturated heterocycles. The van der Waals surface area contributed by atoms with Crippen LogP contribution >= 0.6 is 11.6 Å². The van der Waals surface area contributed by atoms with Crippen molar-refractivity contribution in [1.82, 2.24) is 5.32 Å². The Morgan fingerprint density at radius 2 is 1.96 bits per heavy atom. The molecule has 1 aromatic rings. The fourth-order valence-corrected chi connectivity index (χ4v) is 2.25. The summed E-state index contributed by atoms with van der Waals surface area (Å²) in [6.07, 6.45) is 0.530. The highest BCUT2D eigenvalue weighted by atomic mass is 35.5. The Bertz CT molecular complexity index is 632. The number of carboxylic acid groups (broad SMARTS) is 1. The van der Waals surface area contributed by atoms with Crippen molar-refractivity contribution in [3.63, 3.8) is 0 Å². The maximum Gasteiger partial charge on any atom is 0.324 e. The molecule has 1 unspecified atom stereocenters. The monoisotopic (exact) mass is 370 g/mol. The molecule has 0 heterocycles. The lowest BCUT2D eigenvalue weighted by atomic mass is 9.95. The molecule has 1 aromatic carbocycles. The summed E-state index contributed by atoms with van der Waals surface area (Å²) in [6, 6.07) is 6.57. The molecular formula is C16H19ClN2O6. The van der Waals surface area contributed by atoms with Crippen molar-refractivity contribution >= 4 is 35.7 Å². The zero-order valence-electron chi connectivity index (χ0n) is 13.5. The van der Waals surface area contributed by atoms with Crippen molar-refractivity contribution in [2.24, 2.45) is 11.1 Å². The Labute approximate surface area is 149 Å². The molecule has 9 heteroatoms. The summed E-state index contributed by atoms with van der Waals surface area (Å²) in [5.41, 5.74) is 0.676. The number of rotatable bonds is 9. The fraction of sp³-hybridized carbons (Fsp3) is 0.375. The van der Waals surface area contributed by atoms with Gasteiger partial charge in [-0.2, -0.15) is 0 Å². The summed E-state index contributed by atoms with van der Waals surface area (Å²) in [6.45, 7) is 1.61. The van der Waals surface area contributed by atoms with Crippen LogP contribution in [0, 0.1) is 5.92 Å². The van der Waals surface area contributed by atoms with Gasteiger partial charge in [0.05, 0.1) is 19.2 Å². The zero-order valence-corrected chi connectivity index (χ0v) is 14.3. The van der Waals surface area contributed by atoms with E-state index in [9.17, 15) is 14.4 Å². The number of carboxylic acids is 1. The number of carbonyl (C=O) groups is 3. The van der Waals surface area contributed by atoms with Crippen molar-refractivity contribution in [3.05, 3.63) is 34.9 Å². The fourth-order valence-electron chi connectivity index (χ4n) is 2.12. The Morgan fingerprint density at radius 3 is 2.48 bits per heavy atom. The maximum atomic E-state index is 12.1. The van der Waals surface area contributed by atoms with Crippen LogP contribution in [0.15, 0.2) is 29.4 Å². The molecule has 2 atom stereocenters. The number of ether oxygens (including phenoxy) is 1. The van der Waals surface area contributed by atoms with Gasteiger partial charge in [0.1, 0.15) is 0 Å². The summed E-state index contributed by atoms with van der Waals surface area (Å²) in [5.74, 6) is -4.58. The second kappa shape index (κ2) is 10.3. The molecule has 1 amide bonds. The van der Waals surface area contributed by atoms with Gasteiger partial charge in [0, 0.05) is 17.5 Å². The number of aliphatic carboxylic acids is 1. The number of carbonyl (C=O) groups excluding carboxylic acids is 2. The van der Waals surface area contributed by atoms with Gasteiger partial charge in [0.25, 0.3) is 0 Å². The number of oxime groups is 1. The van der Waals surface area contributed by atoms with E-state index in [1.165, 1.54) is 0 Å². The lowest BCUT2D eigenvalue weighted by molar-refractivity contribution is -0.149. The van der Waals surface area contributed by atoms with Gasteiger partial charge >= 0.3 is 11.9 Å². The number of halogens is 1. The number of nitrogens with one attached hydrogen (secondary N) is 1. The van der Waals surface area contributed by atoms with Gasteiger partial charge in [-0.15, -0.1) is 5.16 Å². The lowest BCUT2D eigenvalue weighted by Gasteiger charge is -2.18. The molecule has 8 nitrogen and oxygen atoms in total. The summed E-state index contributed by atoms with van der Waals surface area (Å²) >= 11 is 5.81. The smallest absolute Gasteiger partial charge is 0.324 e. The Morgan fingerprint density at radius 1 is 1.32 bits per heavy atom. The number of benzene rings is 1. The molecule has 25 heavy (non-hydrogen) atoms. The van der Waals surface area contributed by atoms with Crippen LogP contribution in [0.5, 0.6) is 0 Å². The summed E-state index contributed by atoms with van der Waals surface area (Å²) in [4.78, 5) is 34.9. The number of amides is 1. The van der Waals surface area contributed by atoms with Gasteiger partial charge in [-0.25, -0.2) is 0 Å². The molecule has 136 valence electrons. The predicted octanol–water partition coefficient (Wildman–Crippen LogP) is 1.65. The van der Waals surface area contributed by atoms with Crippen LogP contribution in [0.1, 0.15) is 24.8 Å². The van der Waals surface area contributed by atoms with Crippen molar-refractivity contribution < 1.29 is 29.4 Å². The van der Waals surface area contributed by atoms with E-state index < -0.39 is 29.7 Å². The van der Waals surface area contributed by atoms with Gasteiger partial charge in [-0.1, -0.05) is 23.7 Å². The molecule has 1 rings (SSSR count). The van der Waals surface area contributed by atoms with Crippen molar-refractivity contribution in [3.8, 4) is 0 Å². The van der Waals surface area contributed by atoms with Crippen LogP contribution in [-0.4, -0.2) is 47.5 Å². The van der Waals surface area contributed by atoms with E-state index in [0.717, 1.165) is 6.21 Å². The molecule has 0 spiro atoms. The van der Waals surface area contributed by atoms with Gasteiger partial charge in [0.2, 0.25) is 5.91 Å². The molecule has 0 radical (unpaired) electrons. The quantitative estimate of drug-likeness (QED) is 0.199. The molecular weight excluding hydrogens is 352 g/mol. The minimum Gasteiger partial charge on any atom is -0.481 e. The highest BCUT2D eigenvalue weighted by molar-refractivity contribution is 6.30. The van der Waals surface area contributed by atoms with Gasteiger partial charge < -0.3 is 20.4 Å². The van der Waals surface area contributed by atoms with Crippen LogP contribution < -0.4 is 5.32 Å². The average Bonchev–Trinajstić information content (AvgIpc) is 2.56. The van der Waals surface area contributed by atoms with E-state index in [-0.39, 0.29) is 19.6 Å².